The predicted molar refractivity (Wildman–Crippen MR) is 253 cm³/mol. The van der Waals surface area contributed by atoms with E-state index in [0.717, 1.165) is 12.1 Å². The maximum absolute atomic E-state index is 2.51. The van der Waals surface area contributed by atoms with E-state index in [1.165, 1.54) is 94.1 Å². The number of aromatic nitrogens is 1. The number of hydrogen-bond donors (Lipinski definition) is 0. The van der Waals surface area contributed by atoms with Crippen LogP contribution < -0.4 is 0 Å². The Morgan fingerprint density at radius 2 is 0.900 bits per heavy atom. The molecule has 9 aromatic carbocycles. The minimum Gasteiger partial charge on any atom is -0.309 e. The average molecular weight is 768 g/mol. The van der Waals surface area contributed by atoms with Crippen LogP contribution in [0.5, 0.6) is 0 Å². The molecule has 286 valence electrons. The molecule has 0 aliphatic heterocycles. The van der Waals surface area contributed by atoms with Gasteiger partial charge in [-0.3, -0.25) is 0 Å². The molecule has 1 aromatic heterocycles. The second-order valence-corrected chi connectivity index (χ2v) is 16.9. The molecule has 0 saturated heterocycles. The van der Waals surface area contributed by atoms with Crippen LogP contribution in [0, 0.1) is 0 Å². The number of fused-ring (bicyclic) bond motifs is 6. The van der Waals surface area contributed by atoms with Crippen LogP contribution in [-0.2, 0) is 11.8 Å². The average Bonchev–Trinajstić information content (AvgIpc) is 3.77. The molecule has 0 fully saturated rings. The van der Waals surface area contributed by atoms with Crippen molar-refractivity contribution in [3.8, 4) is 50.2 Å². The predicted octanol–water partition coefficient (Wildman–Crippen LogP) is 15.5. The topological polar surface area (TPSA) is 4.93 Å². The Kier molecular flexibility index (Phi) is 8.71. The van der Waals surface area contributed by atoms with Crippen LogP contribution in [0.4, 0.5) is 0 Å². The van der Waals surface area contributed by atoms with Crippen LogP contribution in [0.25, 0.3) is 72.0 Å². The summed E-state index contributed by atoms with van der Waals surface area (Å²) in [5, 5.41) is 2.55. The summed E-state index contributed by atoms with van der Waals surface area (Å²) in [4.78, 5) is 0. The van der Waals surface area contributed by atoms with E-state index in [4.69, 9.17) is 0 Å². The van der Waals surface area contributed by atoms with Crippen molar-refractivity contribution in [2.45, 2.75) is 31.6 Å². The van der Waals surface area contributed by atoms with Crippen LogP contribution in [0.2, 0.25) is 0 Å². The number of hydrogen-bond acceptors (Lipinski definition) is 0. The van der Waals surface area contributed by atoms with Gasteiger partial charge in [-0.15, -0.1) is 0 Å². The van der Waals surface area contributed by atoms with E-state index in [0.29, 0.717) is 0 Å². The monoisotopic (exact) mass is 767 g/mol. The van der Waals surface area contributed by atoms with Crippen LogP contribution in [0.15, 0.2) is 218 Å². The van der Waals surface area contributed by atoms with Gasteiger partial charge in [-0.05, 0) is 103 Å². The molecule has 0 N–H and O–H groups in total. The van der Waals surface area contributed by atoms with Gasteiger partial charge in [-0.2, -0.15) is 0 Å². The minimum absolute atomic E-state index is 0.0666. The molecule has 1 unspecified atom stereocenters. The zero-order valence-electron chi connectivity index (χ0n) is 34.0. The van der Waals surface area contributed by atoms with Crippen molar-refractivity contribution in [2.75, 3.05) is 0 Å². The molecule has 0 bridgehead atoms. The third-order valence-corrected chi connectivity index (χ3v) is 13.1. The Balaban J connectivity index is 0.998. The fourth-order valence-electron chi connectivity index (χ4n) is 9.96. The molecule has 11 rings (SSSR count). The van der Waals surface area contributed by atoms with E-state index in [1.807, 2.05) is 0 Å². The molecule has 10 aromatic rings. The van der Waals surface area contributed by atoms with Gasteiger partial charge in [0, 0.05) is 27.8 Å². The summed E-state index contributed by atoms with van der Waals surface area (Å²) in [7, 11) is 0. The van der Waals surface area contributed by atoms with Crippen molar-refractivity contribution in [3.05, 3.63) is 246 Å². The molecule has 0 amide bonds. The highest BCUT2D eigenvalue weighted by Gasteiger charge is 2.35. The van der Waals surface area contributed by atoms with Crippen molar-refractivity contribution >= 4 is 21.8 Å². The molecule has 1 aliphatic rings. The molecular weight excluding hydrogens is 723 g/mol. The van der Waals surface area contributed by atoms with Crippen LogP contribution in [0.3, 0.4) is 0 Å². The molecule has 1 atom stereocenters. The number of para-hydroxylation sites is 2. The second-order valence-electron chi connectivity index (χ2n) is 16.9. The van der Waals surface area contributed by atoms with E-state index < -0.39 is 0 Å². The zero-order chi connectivity index (χ0) is 40.2. The van der Waals surface area contributed by atoms with E-state index in [9.17, 15) is 0 Å². The third-order valence-electron chi connectivity index (χ3n) is 13.1. The van der Waals surface area contributed by atoms with Crippen molar-refractivity contribution < 1.29 is 0 Å². The molecule has 0 saturated carbocycles. The smallest absolute Gasteiger partial charge is 0.0541 e. The SMILES string of the molecule is CC1(C)c2ccccc2-c2ccc(C(Cc3ccc(-c4ccc(-n5c6ccccc6c6ccccc65)cc4)c(-c4ccccc4)c3)c3ccc(-c4ccccc4)cc3)cc21. The Morgan fingerprint density at radius 1 is 0.383 bits per heavy atom. The maximum atomic E-state index is 2.51. The molecule has 60 heavy (non-hydrogen) atoms. The van der Waals surface area contributed by atoms with E-state index >= 15 is 0 Å². The van der Waals surface area contributed by atoms with E-state index in [-0.39, 0.29) is 11.3 Å². The first-order valence-electron chi connectivity index (χ1n) is 21.2. The number of benzene rings is 9. The van der Waals surface area contributed by atoms with Crippen LogP contribution >= 0.6 is 0 Å². The summed E-state index contributed by atoms with van der Waals surface area (Å²) in [5.41, 5.74) is 20.5. The highest BCUT2D eigenvalue weighted by atomic mass is 15.0. The van der Waals surface area contributed by atoms with E-state index in [1.54, 1.807) is 0 Å². The van der Waals surface area contributed by atoms with Crippen LogP contribution in [-0.4, -0.2) is 4.57 Å². The lowest BCUT2D eigenvalue weighted by Crippen LogP contribution is -2.16. The van der Waals surface area contributed by atoms with Gasteiger partial charge in [0.25, 0.3) is 0 Å². The van der Waals surface area contributed by atoms with Gasteiger partial charge in [-0.1, -0.05) is 208 Å². The lowest BCUT2D eigenvalue weighted by molar-refractivity contribution is 0.657. The first kappa shape index (κ1) is 35.9. The molecule has 1 heteroatoms. The van der Waals surface area contributed by atoms with Gasteiger partial charge >= 0.3 is 0 Å². The van der Waals surface area contributed by atoms with Gasteiger partial charge in [-0.25, -0.2) is 0 Å². The van der Waals surface area contributed by atoms with Gasteiger partial charge in [0.2, 0.25) is 0 Å². The molecule has 1 heterocycles. The van der Waals surface area contributed by atoms with Crippen molar-refractivity contribution in [2.24, 2.45) is 0 Å². The highest BCUT2D eigenvalue weighted by Crippen LogP contribution is 2.50. The van der Waals surface area contributed by atoms with Crippen molar-refractivity contribution in [3.63, 3.8) is 0 Å². The van der Waals surface area contributed by atoms with E-state index in [2.05, 4.69) is 237 Å². The van der Waals surface area contributed by atoms with Gasteiger partial charge in [0.1, 0.15) is 0 Å². The second kappa shape index (κ2) is 14.6. The third kappa shape index (κ3) is 6.09. The minimum atomic E-state index is -0.0666. The highest BCUT2D eigenvalue weighted by molar-refractivity contribution is 6.09. The molecule has 1 aliphatic carbocycles. The standard InChI is InChI=1S/C59H45N/c1-59(2)55-22-12-9-19-49(55)50-36-32-46(39-56(50)59)53(45-28-26-42(27-29-45)41-15-5-3-6-16-41)37-40-25-35-48(54(38-40)43-17-7-4-8-18-43)44-30-33-47(34-31-44)60-57-23-13-10-20-51(57)52-21-11-14-24-58(52)60/h3-36,38-39,53H,37H2,1-2H3. The number of nitrogens with zero attached hydrogens (tertiary/aromatic N) is 1. The van der Waals surface area contributed by atoms with Crippen LogP contribution in [0.1, 0.15) is 47.6 Å². The van der Waals surface area contributed by atoms with Crippen molar-refractivity contribution in [1.82, 2.24) is 4.57 Å². The Bertz CT molecular complexity index is 3110. The molecule has 0 spiro atoms. The first-order chi connectivity index (χ1) is 29.5. The quantitative estimate of drug-likeness (QED) is 0.145. The zero-order valence-corrected chi connectivity index (χ0v) is 34.0. The normalized spacial score (nSPS) is 13.3. The molecule has 0 radical (unpaired) electrons. The van der Waals surface area contributed by atoms with Gasteiger partial charge in [0.05, 0.1) is 11.0 Å². The Morgan fingerprint density at radius 3 is 1.60 bits per heavy atom. The van der Waals surface area contributed by atoms with Gasteiger partial charge < -0.3 is 4.57 Å². The lowest BCUT2D eigenvalue weighted by Gasteiger charge is -2.25. The Hall–Kier alpha value is -7.22. The largest absolute Gasteiger partial charge is 0.309 e. The molecular formula is C59H45N. The first-order valence-corrected chi connectivity index (χ1v) is 21.2. The summed E-state index contributed by atoms with van der Waals surface area (Å²) >= 11 is 0. The molecule has 1 nitrogen and oxygen atoms in total. The fraction of sp³-hybridized carbons (Fsp3) is 0.0847. The maximum Gasteiger partial charge on any atom is 0.0541 e. The summed E-state index contributed by atoms with van der Waals surface area (Å²) in [6.45, 7) is 4.76. The Labute approximate surface area is 352 Å². The number of rotatable bonds is 8. The summed E-state index contributed by atoms with van der Waals surface area (Å²) in [6.07, 6.45) is 0.879. The summed E-state index contributed by atoms with van der Waals surface area (Å²) < 4.78 is 2.39. The summed E-state index contributed by atoms with van der Waals surface area (Å²) in [6, 6.07) is 80.9. The van der Waals surface area contributed by atoms with Crippen molar-refractivity contribution in [1.29, 1.82) is 0 Å². The fourth-order valence-corrected chi connectivity index (χ4v) is 9.96. The lowest BCUT2D eigenvalue weighted by atomic mass is 9.79. The summed E-state index contributed by atoms with van der Waals surface area (Å²) in [5.74, 6) is 0.166. The van der Waals surface area contributed by atoms with Gasteiger partial charge in [0.15, 0.2) is 0 Å².